The fourth-order valence-corrected chi connectivity index (χ4v) is 1.57. The van der Waals surface area contributed by atoms with Gasteiger partial charge in [-0.15, -0.1) is 0 Å². The number of Topliss-reactive ketones (excluding diaryl/α,β-unsaturated/α-hetero) is 3. The van der Waals surface area contributed by atoms with Crippen LogP contribution in [0.3, 0.4) is 0 Å². The summed E-state index contributed by atoms with van der Waals surface area (Å²) in [7, 11) is 0. The van der Waals surface area contributed by atoms with E-state index in [4.69, 9.17) is 0 Å². The molecule has 0 radical (unpaired) electrons. The van der Waals surface area contributed by atoms with Crippen molar-refractivity contribution in [1.29, 1.82) is 0 Å². The molecule has 0 N–H and O–H groups in total. The first kappa shape index (κ1) is 17.0. The predicted octanol–water partition coefficient (Wildman–Crippen LogP) is 3.35. The molecule has 0 heterocycles. The smallest absolute Gasteiger partial charge is 0.142 e. The van der Waals surface area contributed by atoms with Gasteiger partial charge in [-0.2, -0.15) is 0 Å². The molecule has 0 spiro atoms. The summed E-state index contributed by atoms with van der Waals surface area (Å²) < 4.78 is 0. The summed E-state index contributed by atoms with van der Waals surface area (Å²) in [6.45, 7) is 7.44. The van der Waals surface area contributed by atoms with Crippen LogP contribution < -0.4 is 0 Å². The Kier molecular flexibility index (Phi) is 8.51. The molecular weight excluding hydrogens is 228 g/mol. The summed E-state index contributed by atoms with van der Waals surface area (Å²) >= 11 is 0. The number of hydrogen-bond acceptors (Lipinski definition) is 3. The number of ketones is 3. The topological polar surface area (TPSA) is 51.2 Å². The average Bonchev–Trinajstić information content (AvgIpc) is 2.27. The first-order valence-electron chi connectivity index (χ1n) is 6.91. The lowest BCUT2D eigenvalue weighted by Crippen LogP contribution is -2.13. The highest BCUT2D eigenvalue weighted by Gasteiger charge is 2.12. The number of hydrogen-bond donors (Lipinski definition) is 0. The number of carbonyl (C=O) groups is 3. The largest absolute Gasteiger partial charge is 0.299 e. The third kappa shape index (κ3) is 8.15. The summed E-state index contributed by atoms with van der Waals surface area (Å²) in [5.74, 6) is 0.392. The molecule has 0 aliphatic rings. The van der Waals surface area contributed by atoms with Gasteiger partial charge >= 0.3 is 0 Å². The molecular formula is C15H26O3. The van der Waals surface area contributed by atoms with Gasteiger partial charge in [-0.05, 0) is 12.8 Å². The maximum Gasteiger partial charge on any atom is 0.142 e. The monoisotopic (exact) mass is 254 g/mol. The second kappa shape index (κ2) is 9.01. The van der Waals surface area contributed by atoms with Crippen LogP contribution >= 0.6 is 0 Å². The van der Waals surface area contributed by atoms with E-state index < -0.39 is 0 Å². The second-order valence-corrected chi connectivity index (χ2v) is 5.52. The van der Waals surface area contributed by atoms with Crippen LogP contribution in [0, 0.1) is 11.8 Å². The van der Waals surface area contributed by atoms with Crippen LogP contribution in [0.4, 0.5) is 0 Å². The van der Waals surface area contributed by atoms with Gasteiger partial charge in [0, 0.05) is 24.7 Å². The number of carbonyl (C=O) groups excluding carboxylic acids is 3. The molecule has 0 aliphatic heterocycles. The van der Waals surface area contributed by atoms with Crippen LogP contribution in [0.25, 0.3) is 0 Å². The molecule has 3 heteroatoms. The molecule has 104 valence electrons. The van der Waals surface area contributed by atoms with Crippen LogP contribution in [-0.4, -0.2) is 17.3 Å². The summed E-state index contributed by atoms with van der Waals surface area (Å²) in [6, 6.07) is 0. The molecule has 0 unspecified atom stereocenters. The maximum atomic E-state index is 11.5. The van der Waals surface area contributed by atoms with E-state index in [1.807, 2.05) is 27.7 Å². The van der Waals surface area contributed by atoms with Crippen molar-refractivity contribution in [3.63, 3.8) is 0 Å². The van der Waals surface area contributed by atoms with Gasteiger partial charge in [-0.25, -0.2) is 0 Å². The molecule has 0 atom stereocenters. The summed E-state index contributed by atoms with van der Waals surface area (Å²) in [5.41, 5.74) is 0. The molecule has 0 aromatic carbocycles. The van der Waals surface area contributed by atoms with Crippen LogP contribution in [0.2, 0.25) is 0 Å². The van der Waals surface area contributed by atoms with Gasteiger partial charge in [0.05, 0.1) is 6.42 Å². The molecule has 0 aromatic heterocycles. The van der Waals surface area contributed by atoms with Gasteiger partial charge in [0.2, 0.25) is 0 Å². The van der Waals surface area contributed by atoms with Crippen molar-refractivity contribution in [2.75, 3.05) is 0 Å². The van der Waals surface area contributed by atoms with Gasteiger partial charge in [-0.3, -0.25) is 14.4 Å². The molecule has 18 heavy (non-hydrogen) atoms. The fourth-order valence-electron chi connectivity index (χ4n) is 1.57. The summed E-state index contributed by atoms with van der Waals surface area (Å²) in [5, 5.41) is 0. The molecule has 0 rings (SSSR count). The zero-order valence-corrected chi connectivity index (χ0v) is 12.1. The van der Waals surface area contributed by atoms with Gasteiger partial charge in [0.25, 0.3) is 0 Å². The highest BCUT2D eigenvalue weighted by atomic mass is 16.1. The van der Waals surface area contributed by atoms with Crippen molar-refractivity contribution < 1.29 is 14.4 Å². The molecule has 3 nitrogen and oxygen atoms in total. The Hall–Kier alpha value is -0.990. The Morgan fingerprint density at radius 3 is 1.72 bits per heavy atom. The van der Waals surface area contributed by atoms with Crippen molar-refractivity contribution >= 4 is 17.3 Å². The predicted molar refractivity (Wildman–Crippen MR) is 72.4 cm³/mol. The first-order valence-corrected chi connectivity index (χ1v) is 6.91. The lowest BCUT2D eigenvalue weighted by atomic mass is 9.99. The molecule has 0 amide bonds. The zero-order valence-electron chi connectivity index (χ0n) is 12.1. The quantitative estimate of drug-likeness (QED) is 0.444. The van der Waals surface area contributed by atoms with E-state index in [0.29, 0.717) is 12.8 Å². The first-order chi connectivity index (χ1) is 8.34. The SMILES string of the molecule is CC(C)C(=O)CCCCCC(=O)CC(=O)C(C)C. The van der Waals surface area contributed by atoms with E-state index in [1.54, 1.807) is 0 Å². The normalized spacial score (nSPS) is 11.0. The van der Waals surface area contributed by atoms with Gasteiger partial charge in [0.1, 0.15) is 17.3 Å². The van der Waals surface area contributed by atoms with E-state index in [2.05, 4.69) is 0 Å². The van der Waals surface area contributed by atoms with E-state index in [0.717, 1.165) is 19.3 Å². The van der Waals surface area contributed by atoms with Crippen molar-refractivity contribution in [3.05, 3.63) is 0 Å². The third-order valence-corrected chi connectivity index (χ3v) is 3.04. The molecule has 0 saturated carbocycles. The van der Waals surface area contributed by atoms with Gasteiger partial charge in [-0.1, -0.05) is 34.1 Å². The van der Waals surface area contributed by atoms with E-state index in [-0.39, 0.29) is 35.6 Å². The van der Waals surface area contributed by atoms with Crippen molar-refractivity contribution in [2.24, 2.45) is 11.8 Å². The van der Waals surface area contributed by atoms with Gasteiger partial charge < -0.3 is 0 Å². The third-order valence-electron chi connectivity index (χ3n) is 3.04. The Morgan fingerprint density at radius 1 is 0.722 bits per heavy atom. The van der Waals surface area contributed by atoms with Crippen LogP contribution in [0.15, 0.2) is 0 Å². The number of unbranched alkanes of at least 4 members (excludes halogenated alkanes) is 2. The summed E-state index contributed by atoms with van der Waals surface area (Å²) in [6.07, 6.45) is 3.67. The minimum absolute atomic E-state index is 0.0231. The molecule has 0 aliphatic carbocycles. The van der Waals surface area contributed by atoms with Crippen LogP contribution in [-0.2, 0) is 14.4 Å². The molecule has 0 aromatic rings. The Labute approximate surface area is 110 Å². The Bertz CT molecular complexity index is 290. The average molecular weight is 254 g/mol. The zero-order chi connectivity index (χ0) is 14.1. The minimum atomic E-state index is -0.0578. The molecule has 0 fully saturated rings. The fraction of sp³-hybridized carbons (Fsp3) is 0.800. The highest BCUT2D eigenvalue weighted by Crippen LogP contribution is 2.09. The molecule has 0 saturated heterocycles. The van der Waals surface area contributed by atoms with Crippen LogP contribution in [0.5, 0.6) is 0 Å². The van der Waals surface area contributed by atoms with Gasteiger partial charge in [0.15, 0.2) is 0 Å². The lowest BCUT2D eigenvalue weighted by Gasteiger charge is -2.05. The maximum absolute atomic E-state index is 11.5. The van der Waals surface area contributed by atoms with Crippen molar-refractivity contribution in [2.45, 2.75) is 66.2 Å². The van der Waals surface area contributed by atoms with Crippen LogP contribution in [0.1, 0.15) is 66.2 Å². The number of rotatable bonds is 10. The Morgan fingerprint density at radius 2 is 1.22 bits per heavy atom. The molecule has 0 bridgehead atoms. The second-order valence-electron chi connectivity index (χ2n) is 5.52. The van der Waals surface area contributed by atoms with E-state index in [1.165, 1.54) is 0 Å². The highest BCUT2D eigenvalue weighted by molar-refractivity contribution is 5.99. The van der Waals surface area contributed by atoms with Crippen molar-refractivity contribution in [3.8, 4) is 0 Å². The van der Waals surface area contributed by atoms with E-state index in [9.17, 15) is 14.4 Å². The summed E-state index contributed by atoms with van der Waals surface area (Å²) in [4.78, 5) is 34.2. The standard InChI is InChI=1S/C15H26O3/c1-11(2)14(17)9-7-5-6-8-13(16)10-15(18)12(3)4/h11-12H,5-10H2,1-4H3. The van der Waals surface area contributed by atoms with E-state index >= 15 is 0 Å². The Balaban J connectivity index is 3.58. The lowest BCUT2D eigenvalue weighted by molar-refractivity contribution is -0.128. The van der Waals surface area contributed by atoms with Crippen molar-refractivity contribution in [1.82, 2.24) is 0 Å². The minimum Gasteiger partial charge on any atom is -0.299 e.